The average Bonchev–Trinajstić information content (AvgIpc) is 2.24. The van der Waals surface area contributed by atoms with Crippen molar-refractivity contribution in [2.24, 2.45) is 0 Å². The molecule has 0 amide bonds. The molecule has 0 unspecified atom stereocenters. The highest BCUT2D eigenvalue weighted by Crippen LogP contribution is 2.19. The number of nitrogens with zero attached hydrogens (tertiary/aromatic N) is 1. The number of phenols is 1. The third-order valence-electron chi connectivity index (χ3n) is 2.45. The van der Waals surface area contributed by atoms with Gasteiger partial charge in [0.15, 0.2) is 0 Å². The second kappa shape index (κ2) is 6.45. The van der Waals surface area contributed by atoms with Crippen LogP contribution in [0, 0.1) is 5.82 Å². The molecule has 2 N–H and O–H groups in total. The van der Waals surface area contributed by atoms with Crippen LogP contribution in [0.25, 0.3) is 0 Å². The Bertz CT molecular complexity index is 331. The fourth-order valence-electron chi connectivity index (χ4n) is 1.58. The van der Waals surface area contributed by atoms with E-state index in [-0.39, 0.29) is 11.6 Å². The van der Waals surface area contributed by atoms with Crippen LogP contribution in [-0.4, -0.2) is 37.2 Å². The largest absolute Gasteiger partial charge is 0.508 e. The number of aromatic hydroxyl groups is 1. The summed E-state index contributed by atoms with van der Waals surface area (Å²) in [5.74, 6) is -0.154. The van der Waals surface area contributed by atoms with Gasteiger partial charge in [-0.25, -0.2) is 4.39 Å². The Hall–Kier alpha value is -1.13. The Kier molecular flexibility index (Phi) is 5.22. The number of nitrogens with one attached hydrogen (secondary N) is 1. The first kappa shape index (κ1) is 12.9. The van der Waals surface area contributed by atoms with Crippen molar-refractivity contribution < 1.29 is 9.50 Å². The van der Waals surface area contributed by atoms with Gasteiger partial charge in [-0.05, 0) is 51.8 Å². The predicted molar refractivity (Wildman–Crippen MR) is 62.9 cm³/mol. The maximum absolute atomic E-state index is 13.0. The lowest BCUT2D eigenvalue weighted by Gasteiger charge is -2.17. The molecule has 0 aliphatic heterocycles. The summed E-state index contributed by atoms with van der Waals surface area (Å²) in [6.07, 6.45) is 1.03. The van der Waals surface area contributed by atoms with E-state index in [1.807, 2.05) is 14.1 Å². The van der Waals surface area contributed by atoms with Crippen molar-refractivity contribution in [3.8, 4) is 5.75 Å². The Balaban J connectivity index is 2.48. The Morgan fingerprint density at radius 1 is 1.44 bits per heavy atom. The number of phenolic OH excluding ortho intramolecular Hbond substituents is 1. The number of hydrogen-bond donors (Lipinski definition) is 2. The summed E-state index contributed by atoms with van der Waals surface area (Å²) in [4.78, 5) is 2.06. The normalized spacial score (nSPS) is 11.0. The number of benzene rings is 1. The van der Waals surface area contributed by atoms with Gasteiger partial charge in [0, 0.05) is 12.1 Å². The van der Waals surface area contributed by atoms with Gasteiger partial charge in [-0.15, -0.1) is 0 Å². The molecule has 0 saturated carbocycles. The molecular weight excluding hydrogens is 207 g/mol. The summed E-state index contributed by atoms with van der Waals surface area (Å²) in [6.45, 7) is 2.43. The first-order valence-corrected chi connectivity index (χ1v) is 5.44. The molecule has 0 saturated heterocycles. The third kappa shape index (κ3) is 4.16. The monoisotopic (exact) mass is 226 g/mol. The summed E-state index contributed by atoms with van der Waals surface area (Å²) in [5.41, 5.74) is 0.631. The van der Waals surface area contributed by atoms with Gasteiger partial charge in [0.2, 0.25) is 0 Å². The molecule has 0 bridgehead atoms. The molecule has 1 aromatic rings. The molecule has 0 heterocycles. The summed E-state index contributed by atoms with van der Waals surface area (Å²) >= 11 is 0. The van der Waals surface area contributed by atoms with Gasteiger partial charge < -0.3 is 15.3 Å². The molecule has 0 spiro atoms. The molecule has 4 heteroatoms. The van der Waals surface area contributed by atoms with Crippen LogP contribution in [0.15, 0.2) is 18.2 Å². The smallest absolute Gasteiger partial charge is 0.123 e. The van der Waals surface area contributed by atoms with E-state index >= 15 is 0 Å². The summed E-state index contributed by atoms with van der Waals surface area (Å²) in [5, 5.41) is 12.6. The zero-order valence-electron chi connectivity index (χ0n) is 9.83. The minimum Gasteiger partial charge on any atom is -0.508 e. The van der Waals surface area contributed by atoms with Gasteiger partial charge in [-0.3, -0.25) is 0 Å². The van der Waals surface area contributed by atoms with Crippen molar-refractivity contribution in [2.45, 2.75) is 13.0 Å². The van der Waals surface area contributed by atoms with Gasteiger partial charge >= 0.3 is 0 Å². The minimum absolute atomic E-state index is 0.155. The molecule has 0 radical (unpaired) electrons. The number of rotatable bonds is 6. The fourth-order valence-corrected chi connectivity index (χ4v) is 1.58. The van der Waals surface area contributed by atoms with Crippen LogP contribution < -0.4 is 5.32 Å². The summed E-state index contributed by atoms with van der Waals surface area (Å²) in [6, 6.07) is 4.04. The SMILES string of the molecule is CNCCCN(C)Cc1cc(F)ccc1O. The first-order chi connectivity index (χ1) is 7.63. The lowest BCUT2D eigenvalue weighted by Crippen LogP contribution is -2.22. The van der Waals surface area contributed by atoms with E-state index in [1.54, 1.807) is 0 Å². The second-order valence-electron chi connectivity index (χ2n) is 3.97. The van der Waals surface area contributed by atoms with E-state index in [1.165, 1.54) is 18.2 Å². The van der Waals surface area contributed by atoms with Crippen molar-refractivity contribution in [1.29, 1.82) is 0 Å². The zero-order chi connectivity index (χ0) is 12.0. The van der Waals surface area contributed by atoms with Crippen LogP contribution in [0.2, 0.25) is 0 Å². The molecular formula is C12H19FN2O. The number of hydrogen-bond acceptors (Lipinski definition) is 3. The molecule has 3 nitrogen and oxygen atoms in total. The van der Waals surface area contributed by atoms with Crippen LogP contribution >= 0.6 is 0 Å². The second-order valence-corrected chi connectivity index (χ2v) is 3.97. The molecule has 90 valence electrons. The van der Waals surface area contributed by atoms with E-state index in [4.69, 9.17) is 0 Å². The van der Waals surface area contributed by atoms with Crippen molar-refractivity contribution in [2.75, 3.05) is 27.2 Å². The molecule has 0 aliphatic carbocycles. The van der Waals surface area contributed by atoms with Gasteiger partial charge in [0.1, 0.15) is 11.6 Å². The van der Waals surface area contributed by atoms with Crippen LogP contribution in [0.3, 0.4) is 0 Å². The first-order valence-electron chi connectivity index (χ1n) is 5.44. The molecule has 1 rings (SSSR count). The lowest BCUT2D eigenvalue weighted by atomic mass is 10.2. The molecule has 0 aliphatic rings. The van der Waals surface area contributed by atoms with Crippen molar-refractivity contribution in [1.82, 2.24) is 10.2 Å². The van der Waals surface area contributed by atoms with E-state index in [9.17, 15) is 9.50 Å². The lowest BCUT2D eigenvalue weighted by molar-refractivity contribution is 0.314. The molecule has 0 atom stereocenters. The third-order valence-corrected chi connectivity index (χ3v) is 2.45. The summed E-state index contributed by atoms with van der Waals surface area (Å²) < 4.78 is 13.0. The molecule has 1 aromatic carbocycles. The van der Waals surface area contributed by atoms with Crippen LogP contribution in [0.4, 0.5) is 4.39 Å². The Morgan fingerprint density at radius 3 is 2.88 bits per heavy atom. The highest BCUT2D eigenvalue weighted by Gasteiger charge is 2.06. The quantitative estimate of drug-likeness (QED) is 0.723. The van der Waals surface area contributed by atoms with Crippen molar-refractivity contribution in [3.63, 3.8) is 0 Å². The van der Waals surface area contributed by atoms with Crippen LogP contribution in [0.5, 0.6) is 5.75 Å². The van der Waals surface area contributed by atoms with Gasteiger partial charge in [0.05, 0.1) is 0 Å². The Morgan fingerprint density at radius 2 is 2.19 bits per heavy atom. The highest BCUT2D eigenvalue weighted by molar-refractivity contribution is 5.32. The maximum Gasteiger partial charge on any atom is 0.123 e. The molecule has 0 fully saturated rings. The fraction of sp³-hybridized carbons (Fsp3) is 0.500. The van der Waals surface area contributed by atoms with Gasteiger partial charge in [0.25, 0.3) is 0 Å². The van der Waals surface area contributed by atoms with Crippen molar-refractivity contribution in [3.05, 3.63) is 29.6 Å². The van der Waals surface area contributed by atoms with E-state index in [0.717, 1.165) is 19.5 Å². The molecule has 16 heavy (non-hydrogen) atoms. The van der Waals surface area contributed by atoms with E-state index in [2.05, 4.69) is 10.2 Å². The Labute approximate surface area is 95.9 Å². The predicted octanol–water partition coefficient (Wildman–Crippen LogP) is 1.57. The average molecular weight is 226 g/mol. The number of halogens is 1. The van der Waals surface area contributed by atoms with Gasteiger partial charge in [-0.1, -0.05) is 0 Å². The highest BCUT2D eigenvalue weighted by atomic mass is 19.1. The van der Waals surface area contributed by atoms with Crippen LogP contribution in [-0.2, 0) is 6.54 Å². The van der Waals surface area contributed by atoms with E-state index in [0.29, 0.717) is 12.1 Å². The van der Waals surface area contributed by atoms with Gasteiger partial charge in [-0.2, -0.15) is 0 Å². The minimum atomic E-state index is -0.309. The zero-order valence-corrected chi connectivity index (χ0v) is 9.83. The topological polar surface area (TPSA) is 35.5 Å². The standard InChI is InChI=1S/C12H19FN2O/c1-14-6-3-7-15(2)9-10-8-11(13)4-5-12(10)16/h4-5,8,14,16H,3,6-7,9H2,1-2H3. The van der Waals surface area contributed by atoms with Crippen molar-refractivity contribution >= 4 is 0 Å². The van der Waals surface area contributed by atoms with Crippen LogP contribution in [0.1, 0.15) is 12.0 Å². The maximum atomic E-state index is 13.0. The summed E-state index contributed by atoms with van der Waals surface area (Å²) in [7, 11) is 3.87. The molecule has 0 aromatic heterocycles. The van der Waals surface area contributed by atoms with E-state index < -0.39 is 0 Å².